The summed E-state index contributed by atoms with van der Waals surface area (Å²) in [5.41, 5.74) is 17.2. The van der Waals surface area contributed by atoms with Crippen molar-refractivity contribution in [1.29, 1.82) is 0 Å². The van der Waals surface area contributed by atoms with E-state index in [1.54, 1.807) is 0 Å². The minimum Gasteiger partial charge on any atom is -1.00 e. The number of rotatable bonds is 0. The minimum atomic E-state index is 0. The van der Waals surface area contributed by atoms with Crippen molar-refractivity contribution >= 4 is 0 Å². The van der Waals surface area contributed by atoms with Crippen molar-refractivity contribution in [3.05, 3.63) is 123 Å². The van der Waals surface area contributed by atoms with Gasteiger partial charge in [-0.05, 0) is 74.9 Å². The highest BCUT2D eigenvalue weighted by Crippen LogP contribution is 2.31. The molecule has 0 atom stereocenters. The molecule has 3 aromatic heterocycles. The maximum absolute atomic E-state index is 2.36. The predicted octanol–water partition coefficient (Wildman–Crippen LogP) is -6.92. The van der Waals surface area contributed by atoms with Gasteiger partial charge in [0.2, 0.25) is 19.0 Å². The number of benzene rings is 2. The number of halogens is 3. The Hall–Kier alpha value is -2.32. The van der Waals surface area contributed by atoms with E-state index in [1.807, 2.05) is 0 Å². The van der Waals surface area contributed by atoms with E-state index < -0.39 is 0 Å². The molecule has 0 saturated heterocycles. The molecule has 6 heterocycles. The van der Waals surface area contributed by atoms with Gasteiger partial charge in [-0.3, -0.25) is 0 Å². The summed E-state index contributed by atoms with van der Waals surface area (Å²) in [6.45, 7) is 19.3. The maximum atomic E-state index is 2.36. The highest BCUT2D eigenvalue weighted by atomic mass is 127. The Morgan fingerprint density at radius 3 is 0.909 bits per heavy atom. The molecule has 4 N–H and O–H groups in total. The first-order valence-electron chi connectivity index (χ1n) is 14.1. The molecule has 11 heteroatoms. The van der Waals surface area contributed by atoms with Crippen molar-refractivity contribution in [2.45, 2.75) is 80.8 Å². The van der Waals surface area contributed by atoms with Crippen LogP contribution in [0.15, 0.2) is 56.2 Å². The lowest BCUT2D eigenvalue weighted by Gasteiger charge is -2.21. The van der Waals surface area contributed by atoms with Gasteiger partial charge in [0.05, 0.1) is 0 Å². The van der Waals surface area contributed by atoms with Crippen LogP contribution in [0, 0.1) is 41.5 Å². The first kappa shape index (κ1) is 37.9. The molecule has 0 saturated carbocycles. The zero-order valence-electron chi connectivity index (χ0n) is 26.3. The second kappa shape index (κ2) is 14.4. The van der Waals surface area contributed by atoms with Crippen molar-refractivity contribution in [3.8, 4) is 0 Å². The molecular formula is C33H43Br2IN6O2. The van der Waals surface area contributed by atoms with Gasteiger partial charge in [-0.25, -0.2) is 27.4 Å². The topological polar surface area (TPSA) is 89.4 Å². The first-order chi connectivity index (χ1) is 18.8. The zero-order valence-corrected chi connectivity index (χ0v) is 31.6. The molecule has 0 spiro atoms. The van der Waals surface area contributed by atoms with Gasteiger partial charge >= 0.3 is 0 Å². The fourth-order valence-corrected chi connectivity index (χ4v) is 7.18. The molecule has 0 aliphatic carbocycles. The average molecular weight is 842 g/mol. The van der Waals surface area contributed by atoms with Gasteiger partial charge in [-0.15, -0.1) is 0 Å². The summed E-state index contributed by atoms with van der Waals surface area (Å²) in [5.74, 6) is 0. The molecule has 0 fully saturated rings. The summed E-state index contributed by atoms with van der Waals surface area (Å²) >= 11 is 0. The van der Waals surface area contributed by atoms with Crippen LogP contribution in [0.4, 0.5) is 0 Å². The summed E-state index contributed by atoms with van der Waals surface area (Å²) in [5, 5.41) is 0. The average Bonchev–Trinajstić information content (AvgIpc) is 3.66. The second-order valence-electron chi connectivity index (χ2n) is 11.9. The van der Waals surface area contributed by atoms with Crippen LogP contribution in [0.2, 0.25) is 0 Å². The van der Waals surface area contributed by atoms with E-state index in [1.165, 1.54) is 66.8 Å². The molecule has 8 nitrogen and oxygen atoms in total. The van der Waals surface area contributed by atoms with Gasteiger partial charge in [-0.1, -0.05) is 0 Å². The fourth-order valence-electron chi connectivity index (χ4n) is 7.18. The SMILES string of the molecule is Cc1c2c(C)c3c(C)c1Cn1cc[n+](c1)Cc1c(C)c(c(C)c(c1C)C[n+]1ccn(c1)C3)C[n+]1ccn(c1)C2.O.O.[Br-].[Br-].[I-]. The highest BCUT2D eigenvalue weighted by molar-refractivity contribution is 5.52. The Morgan fingerprint density at radius 2 is 0.659 bits per heavy atom. The number of hydrogen-bond acceptors (Lipinski definition) is 0. The Balaban J connectivity index is 0.00000135. The first-order valence-corrected chi connectivity index (χ1v) is 14.1. The van der Waals surface area contributed by atoms with E-state index in [-0.39, 0.29) is 68.9 Å². The molecule has 0 radical (unpaired) electrons. The number of imidazole rings is 3. The largest absolute Gasteiger partial charge is 1.00 e. The summed E-state index contributed by atoms with van der Waals surface area (Å²) in [7, 11) is 0. The standard InChI is InChI=1S/C33H39N6.2BrH.HI.2H2O/c1-22-28-13-34-7-9-37(19-34)16-31-25(4)32-17-38-10-8-35(20-38)14-29(22)24(3)30(23(28)2)15-36-11-12-39(21-36)18-33(26(31)5)27(32)6;;;;;/h7-12,19-21H,13-18H2,1-6H3;3*1H;2*1H2/q+3;;;;;/p-3. The summed E-state index contributed by atoms with van der Waals surface area (Å²) in [4.78, 5) is 0. The highest BCUT2D eigenvalue weighted by Gasteiger charge is 2.26. The Bertz CT molecular complexity index is 1440. The van der Waals surface area contributed by atoms with Crippen LogP contribution in [0.5, 0.6) is 0 Å². The van der Waals surface area contributed by atoms with Gasteiger partial charge in [-0.2, -0.15) is 0 Å². The third-order valence-corrected chi connectivity index (χ3v) is 9.71. The van der Waals surface area contributed by atoms with Gasteiger partial charge in [0, 0.05) is 33.4 Å². The van der Waals surface area contributed by atoms with Crippen molar-refractivity contribution < 1.29 is 82.6 Å². The van der Waals surface area contributed by atoms with Crippen LogP contribution in [0.1, 0.15) is 66.8 Å². The molecular weight excluding hydrogens is 799 g/mol. The lowest BCUT2D eigenvalue weighted by atomic mass is 9.87. The number of hydrogen-bond donors (Lipinski definition) is 0. The lowest BCUT2D eigenvalue weighted by molar-refractivity contribution is -0.690. The lowest BCUT2D eigenvalue weighted by Crippen LogP contribution is -3.00. The van der Waals surface area contributed by atoms with Gasteiger partial charge < -0.3 is 68.9 Å². The molecule has 5 aromatic rings. The molecule has 12 bridgehead atoms. The van der Waals surface area contributed by atoms with Crippen LogP contribution >= 0.6 is 0 Å². The molecule has 8 rings (SSSR count). The smallest absolute Gasteiger partial charge is 0.244 e. The van der Waals surface area contributed by atoms with Gasteiger partial charge in [0.25, 0.3) is 0 Å². The zero-order chi connectivity index (χ0) is 27.0. The van der Waals surface area contributed by atoms with Crippen molar-refractivity contribution in [3.63, 3.8) is 0 Å². The van der Waals surface area contributed by atoms with Crippen LogP contribution in [-0.2, 0) is 39.3 Å². The predicted molar refractivity (Wildman–Crippen MR) is 157 cm³/mol. The van der Waals surface area contributed by atoms with E-state index in [9.17, 15) is 0 Å². The molecule has 3 aliphatic heterocycles. The fraction of sp³-hybridized carbons (Fsp3) is 0.364. The monoisotopic (exact) mass is 840 g/mol. The molecule has 3 aliphatic rings. The molecule has 0 amide bonds. The summed E-state index contributed by atoms with van der Waals surface area (Å²) < 4.78 is 14.2. The molecule has 44 heavy (non-hydrogen) atoms. The van der Waals surface area contributed by atoms with E-state index in [0.717, 1.165) is 39.3 Å². The summed E-state index contributed by atoms with van der Waals surface area (Å²) in [6, 6.07) is 0. The van der Waals surface area contributed by atoms with E-state index >= 15 is 0 Å². The Kier molecular flexibility index (Phi) is 12.4. The Labute approximate surface area is 298 Å². The van der Waals surface area contributed by atoms with Crippen LogP contribution in [0.25, 0.3) is 0 Å². The van der Waals surface area contributed by atoms with Crippen LogP contribution < -0.4 is 71.6 Å². The third kappa shape index (κ3) is 6.35. The van der Waals surface area contributed by atoms with Crippen molar-refractivity contribution in [2.24, 2.45) is 0 Å². The van der Waals surface area contributed by atoms with E-state index in [2.05, 4.69) is 125 Å². The van der Waals surface area contributed by atoms with Gasteiger partial charge in [0.1, 0.15) is 76.4 Å². The van der Waals surface area contributed by atoms with E-state index in [0.29, 0.717) is 0 Å². The van der Waals surface area contributed by atoms with Crippen LogP contribution in [-0.4, -0.2) is 24.7 Å². The van der Waals surface area contributed by atoms with Gasteiger partial charge in [0.15, 0.2) is 0 Å². The Morgan fingerprint density at radius 1 is 0.432 bits per heavy atom. The summed E-state index contributed by atoms with van der Waals surface area (Å²) in [6.07, 6.45) is 20.4. The number of nitrogens with zero attached hydrogens (tertiary/aromatic N) is 6. The second-order valence-corrected chi connectivity index (χ2v) is 11.9. The molecule has 0 unspecified atom stereocenters. The van der Waals surface area contributed by atoms with Crippen LogP contribution in [0.3, 0.4) is 0 Å². The third-order valence-electron chi connectivity index (χ3n) is 9.71. The minimum absolute atomic E-state index is 0. The molecule has 238 valence electrons. The quantitative estimate of drug-likeness (QED) is 0.108. The number of aromatic nitrogens is 6. The van der Waals surface area contributed by atoms with Crippen molar-refractivity contribution in [1.82, 2.24) is 13.7 Å². The maximum Gasteiger partial charge on any atom is 0.244 e. The normalized spacial score (nSPS) is 12.7. The van der Waals surface area contributed by atoms with E-state index in [4.69, 9.17) is 0 Å². The van der Waals surface area contributed by atoms with Crippen molar-refractivity contribution in [2.75, 3.05) is 0 Å². The molecule has 2 aromatic carbocycles.